The number of carbonyl (C=O) groups excluding carboxylic acids is 1. The Labute approximate surface area is 131 Å². The van der Waals surface area contributed by atoms with Crippen LogP contribution >= 0.6 is 0 Å². The van der Waals surface area contributed by atoms with Crippen LogP contribution in [0.4, 0.5) is 0 Å². The molecule has 22 heavy (non-hydrogen) atoms. The first-order valence-corrected chi connectivity index (χ1v) is 8.60. The van der Waals surface area contributed by atoms with Crippen molar-refractivity contribution >= 4 is 21.9 Å². The lowest BCUT2D eigenvalue weighted by molar-refractivity contribution is -0.142. The molecule has 0 saturated heterocycles. The largest absolute Gasteiger partial charge is 0.480 e. The summed E-state index contributed by atoms with van der Waals surface area (Å²) in [5.74, 6) is -1.98. The molecule has 8 nitrogen and oxygen atoms in total. The van der Waals surface area contributed by atoms with E-state index in [2.05, 4.69) is 5.32 Å². The van der Waals surface area contributed by atoms with Crippen LogP contribution in [0, 0.1) is 0 Å². The maximum absolute atomic E-state index is 11.8. The Balaban J connectivity index is 4.51. The second-order valence-corrected chi connectivity index (χ2v) is 8.23. The van der Waals surface area contributed by atoms with Gasteiger partial charge in [-0.05, 0) is 27.7 Å². The second kappa shape index (κ2) is 8.44. The quantitative estimate of drug-likeness (QED) is 0.614. The molecule has 0 radical (unpaired) electrons. The number of likely N-dealkylation sites (N-methyl/N-ethyl adjacent to an activating group) is 1. The van der Waals surface area contributed by atoms with Crippen LogP contribution in [-0.4, -0.2) is 67.3 Å². The fraction of sp³-hybridized carbons (Fsp3) is 0.846. The summed E-state index contributed by atoms with van der Waals surface area (Å²) in [6.07, 6.45) is 0.0998. The molecule has 0 aromatic rings. The van der Waals surface area contributed by atoms with Crippen molar-refractivity contribution in [3.8, 4) is 0 Å². The van der Waals surface area contributed by atoms with Gasteiger partial charge < -0.3 is 15.2 Å². The third kappa shape index (κ3) is 8.30. The van der Waals surface area contributed by atoms with E-state index in [0.717, 1.165) is 4.31 Å². The molecule has 0 aliphatic heterocycles. The minimum absolute atomic E-state index is 0.0998. The van der Waals surface area contributed by atoms with Crippen LogP contribution in [0.5, 0.6) is 0 Å². The van der Waals surface area contributed by atoms with Crippen LogP contribution in [0.3, 0.4) is 0 Å². The van der Waals surface area contributed by atoms with Crippen LogP contribution in [0.15, 0.2) is 0 Å². The molecule has 0 heterocycles. The van der Waals surface area contributed by atoms with Gasteiger partial charge in [0.15, 0.2) is 0 Å². The molecule has 9 heteroatoms. The first-order chi connectivity index (χ1) is 9.89. The molecule has 2 N–H and O–H groups in total. The molecule has 0 spiro atoms. The standard InChI is InChI=1S/C13H26N2O6S/c1-6-22(19,20)15(5)9-11(16)14-10(12(17)18)7-8-21-13(2,3)4/h10H,6-9H2,1-5H3,(H,14,16)(H,17,18). The zero-order valence-electron chi connectivity index (χ0n) is 13.7. The summed E-state index contributed by atoms with van der Waals surface area (Å²) in [5, 5.41) is 11.4. The number of amides is 1. The van der Waals surface area contributed by atoms with Gasteiger partial charge in [-0.3, -0.25) is 4.79 Å². The topological polar surface area (TPSA) is 113 Å². The molecule has 0 aromatic heterocycles. The molecule has 1 amide bonds. The molecular formula is C13H26N2O6S. The van der Waals surface area contributed by atoms with Gasteiger partial charge in [0.25, 0.3) is 0 Å². The summed E-state index contributed by atoms with van der Waals surface area (Å²) in [7, 11) is -2.21. The molecule has 0 aliphatic carbocycles. The van der Waals surface area contributed by atoms with Gasteiger partial charge in [-0.1, -0.05) is 0 Å². The van der Waals surface area contributed by atoms with Gasteiger partial charge in [-0.2, -0.15) is 4.31 Å². The van der Waals surface area contributed by atoms with Crippen molar-refractivity contribution in [1.29, 1.82) is 0 Å². The van der Waals surface area contributed by atoms with Gasteiger partial charge in [0, 0.05) is 20.1 Å². The van der Waals surface area contributed by atoms with Gasteiger partial charge >= 0.3 is 5.97 Å². The van der Waals surface area contributed by atoms with E-state index in [-0.39, 0.29) is 18.8 Å². The molecular weight excluding hydrogens is 312 g/mol. The Hall–Kier alpha value is -1.19. The Kier molecular flexibility index (Phi) is 7.99. The summed E-state index contributed by atoms with van der Waals surface area (Å²) in [6.45, 7) is 6.74. The maximum atomic E-state index is 11.8. The predicted molar refractivity (Wildman–Crippen MR) is 82.0 cm³/mol. The SMILES string of the molecule is CCS(=O)(=O)N(C)CC(=O)NC(CCOC(C)(C)C)C(=O)O. The molecule has 0 bridgehead atoms. The van der Waals surface area contributed by atoms with E-state index in [1.807, 2.05) is 20.8 Å². The van der Waals surface area contributed by atoms with E-state index >= 15 is 0 Å². The number of hydrogen-bond acceptors (Lipinski definition) is 5. The summed E-state index contributed by atoms with van der Waals surface area (Å²) < 4.78 is 29.4. The number of rotatable bonds is 9. The molecule has 130 valence electrons. The first kappa shape index (κ1) is 20.8. The molecule has 1 atom stereocenters. The zero-order chi connectivity index (χ0) is 17.6. The van der Waals surface area contributed by atoms with Crippen LogP contribution in [0.25, 0.3) is 0 Å². The maximum Gasteiger partial charge on any atom is 0.326 e. The number of aliphatic carboxylic acids is 1. The van der Waals surface area contributed by atoms with Crippen molar-refractivity contribution in [3.63, 3.8) is 0 Å². The minimum atomic E-state index is -3.49. The smallest absolute Gasteiger partial charge is 0.326 e. The van der Waals surface area contributed by atoms with Gasteiger partial charge in [-0.15, -0.1) is 0 Å². The third-order valence-electron chi connectivity index (χ3n) is 2.78. The number of carboxylic acids is 1. The van der Waals surface area contributed by atoms with Crippen LogP contribution in [-0.2, 0) is 24.3 Å². The van der Waals surface area contributed by atoms with Gasteiger partial charge in [-0.25, -0.2) is 13.2 Å². The number of ether oxygens (including phenoxy) is 1. The normalized spacial score (nSPS) is 13.9. The summed E-state index contributed by atoms with van der Waals surface area (Å²) in [5.41, 5.74) is -0.400. The Morgan fingerprint density at radius 2 is 1.86 bits per heavy atom. The first-order valence-electron chi connectivity index (χ1n) is 6.99. The molecule has 0 aliphatic rings. The number of carboxylic acid groups (broad SMARTS) is 1. The second-order valence-electron chi connectivity index (χ2n) is 5.86. The van der Waals surface area contributed by atoms with Crippen LogP contribution < -0.4 is 5.32 Å². The minimum Gasteiger partial charge on any atom is -0.480 e. The van der Waals surface area contributed by atoms with Gasteiger partial charge in [0.05, 0.1) is 17.9 Å². The fourth-order valence-corrected chi connectivity index (χ4v) is 2.26. The van der Waals surface area contributed by atoms with E-state index in [0.29, 0.717) is 0 Å². The van der Waals surface area contributed by atoms with Crippen LogP contribution in [0.1, 0.15) is 34.1 Å². The van der Waals surface area contributed by atoms with E-state index in [1.54, 1.807) is 0 Å². The molecule has 0 rings (SSSR count). The Bertz CT molecular complexity index is 483. The molecule has 0 fully saturated rings. The van der Waals surface area contributed by atoms with Crippen molar-refractivity contribution in [3.05, 3.63) is 0 Å². The number of carbonyl (C=O) groups is 2. The highest BCUT2D eigenvalue weighted by Gasteiger charge is 2.24. The molecule has 1 unspecified atom stereocenters. The predicted octanol–water partition coefficient (Wildman–Crippen LogP) is 0.0425. The van der Waals surface area contributed by atoms with Crippen molar-refractivity contribution in [1.82, 2.24) is 9.62 Å². The Morgan fingerprint density at radius 3 is 2.27 bits per heavy atom. The van der Waals surface area contributed by atoms with E-state index < -0.39 is 40.1 Å². The third-order valence-corrected chi connectivity index (χ3v) is 4.59. The average molecular weight is 338 g/mol. The summed E-state index contributed by atoms with van der Waals surface area (Å²) in [4.78, 5) is 22.9. The van der Waals surface area contributed by atoms with E-state index in [4.69, 9.17) is 9.84 Å². The Morgan fingerprint density at radius 1 is 1.32 bits per heavy atom. The molecule has 0 aromatic carbocycles. The van der Waals surface area contributed by atoms with Crippen molar-refractivity contribution in [2.45, 2.75) is 45.8 Å². The van der Waals surface area contributed by atoms with Gasteiger partial charge in [0.1, 0.15) is 6.04 Å². The lowest BCUT2D eigenvalue weighted by Gasteiger charge is -2.22. The lowest BCUT2D eigenvalue weighted by atomic mass is 10.2. The average Bonchev–Trinajstić information content (AvgIpc) is 2.35. The summed E-state index contributed by atoms with van der Waals surface area (Å²) in [6, 6.07) is -1.12. The highest BCUT2D eigenvalue weighted by Crippen LogP contribution is 2.08. The molecule has 0 saturated carbocycles. The van der Waals surface area contributed by atoms with Crippen molar-refractivity contribution in [2.75, 3.05) is 26.0 Å². The van der Waals surface area contributed by atoms with Crippen LogP contribution in [0.2, 0.25) is 0 Å². The lowest BCUT2D eigenvalue weighted by Crippen LogP contribution is -2.46. The van der Waals surface area contributed by atoms with E-state index in [1.165, 1.54) is 14.0 Å². The highest BCUT2D eigenvalue weighted by atomic mass is 32.2. The number of nitrogens with one attached hydrogen (secondary N) is 1. The zero-order valence-corrected chi connectivity index (χ0v) is 14.6. The summed E-state index contributed by atoms with van der Waals surface area (Å²) >= 11 is 0. The monoisotopic (exact) mass is 338 g/mol. The number of sulfonamides is 1. The van der Waals surface area contributed by atoms with Crippen molar-refractivity contribution in [2.24, 2.45) is 0 Å². The fourth-order valence-electron chi connectivity index (χ4n) is 1.50. The van der Waals surface area contributed by atoms with E-state index in [9.17, 15) is 18.0 Å². The highest BCUT2D eigenvalue weighted by molar-refractivity contribution is 7.89. The number of hydrogen-bond donors (Lipinski definition) is 2. The van der Waals surface area contributed by atoms with Crippen molar-refractivity contribution < 1.29 is 27.9 Å². The number of nitrogens with zero attached hydrogens (tertiary/aromatic N) is 1. The van der Waals surface area contributed by atoms with Gasteiger partial charge in [0.2, 0.25) is 15.9 Å².